The molecule has 5 heteroatoms. The molecule has 0 aliphatic carbocycles. The summed E-state index contributed by atoms with van der Waals surface area (Å²) >= 11 is 1.78. The highest BCUT2D eigenvalue weighted by molar-refractivity contribution is 8.00. The smallest absolute Gasteiger partial charge is 0.207 e. The molecule has 0 spiro atoms. The monoisotopic (exact) mass is 361 g/mol. The van der Waals surface area contributed by atoms with E-state index in [1.807, 2.05) is 19.1 Å². The van der Waals surface area contributed by atoms with Crippen LogP contribution < -0.4 is 0 Å². The Morgan fingerprint density at radius 3 is 2.17 bits per heavy atom. The van der Waals surface area contributed by atoms with Crippen LogP contribution >= 0.6 is 11.8 Å². The van der Waals surface area contributed by atoms with E-state index < -0.39 is 10.0 Å². The third-order valence-corrected chi connectivity index (χ3v) is 7.47. The largest absolute Gasteiger partial charge is 0.243 e. The predicted octanol–water partition coefficient (Wildman–Crippen LogP) is 4.25. The van der Waals surface area contributed by atoms with E-state index in [9.17, 15) is 8.42 Å². The second kappa shape index (κ2) is 7.30. The normalized spacial score (nSPS) is 19.3. The van der Waals surface area contributed by atoms with Crippen molar-refractivity contribution in [2.24, 2.45) is 0 Å². The molecule has 1 atom stereocenters. The van der Waals surface area contributed by atoms with Crippen LogP contribution in [0.2, 0.25) is 0 Å². The van der Waals surface area contributed by atoms with Gasteiger partial charge in [-0.05, 0) is 51.0 Å². The summed E-state index contributed by atoms with van der Waals surface area (Å²) in [7, 11) is -3.39. The second-order valence-electron chi connectivity index (χ2n) is 6.37. The molecule has 0 bridgehead atoms. The lowest BCUT2D eigenvalue weighted by molar-refractivity contribution is 0.353. The zero-order valence-electron chi connectivity index (χ0n) is 14.1. The van der Waals surface area contributed by atoms with Crippen LogP contribution in [-0.4, -0.2) is 31.1 Å². The topological polar surface area (TPSA) is 37.4 Å². The van der Waals surface area contributed by atoms with Crippen LogP contribution in [0.5, 0.6) is 0 Å². The molecule has 0 N–H and O–H groups in total. The molecule has 1 unspecified atom stereocenters. The van der Waals surface area contributed by atoms with Gasteiger partial charge in [0.1, 0.15) is 0 Å². The molecule has 0 saturated carbocycles. The SMILES string of the molecule is Cc1ccc(SC2CCCN(S(=O)(=O)c3ccc(C)cc3)C2)cc1. The van der Waals surface area contributed by atoms with Crippen LogP contribution in [0.4, 0.5) is 0 Å². The van der Waals surface area contributed by atoms with Gasteiger partial charge in [-0.1, -0.05) is 35.4 Å². The first kappa shape index (κ1) is 17.5. The van der Waals surface area contributed by atoms with Crippen molar-refractivity contribution in [3.05, 3.63) is 59.7 Å². The minimum Gasteiger partial charge on any atom is -0.207 e. The van der Waals surface area contributed by atoms with E-state index in [0.717, 1.165) is 18.4 Å². The van der Waals surface area contributed by atoms with E-state index in [4.69, 9.17) is 0 Å². The number of thioether (sulfide) groups is 1. The van der Waals surface area contributed by atoms with Gasteiger partial charge in [-0.15, -0.1) is 11.8 Å². The van der Waals surface area contributed by atoms with Crippen molar-refractivity contribution in [2.45, 2.75) is 41.7 Å². The zero-order chi connectivity index (χ0) is 17.2. The summed E-state index contributed by atoms with van der Waals surface area (Å²) in [6.07, 6.45) is 1.97. The average Bonchev–Trinajstić information content (AvgIpc) is 2.58. The molecular weight excluding hydrogens is 338 g/mol. The van der Waals surface area contributed by atoms with E-state index in [1.54, 1.807) is 28.2 Å². The molecule has 0 amide bonds. The molecule has 0 aromatic heterocycles. The van der Waals surface area contributed by atoms with E-state index in [1.165, 1.54) is 10.5 Å². The fraction of sp³-hybridized carbons (Fsp3) is 0.368. The second-order valence-corrected chi connectivity index (χ2v) is 9.68. The first-order valence-electron chi connectivity index (χ1n) is 8.25. The summed E-state index contributed by atoms with van der Waals surface area (Å²) in [6, 6.07) is 15.6. The van der Waals surface area contributed by atoms with Gasteiger partial charge in [0.05, 0.1) is 4.90 Å². The van der Waals surface area contributed by atoms with E-state index >= 15 is 0 Å². The van der Waals surface area contributed by atoms with Gasteiger partial charge in [-0.3, -0.25) is 0 Å². The summed E-state index contributed by atoms with van der Waals surface area (Å²) in [5, 5.41) is 0.307. The first-order valence-corrected chi connectivity index (χ1v) is 10.6. The molecule has 1 aliphatic rings. The molecule has 2 aromatic carbocycles. The van der Waals surface area contributed by atoms with Gasteiger partial charge < -0.3 is 0 Å². The minimum atomic E-state index is -3.39. The predicted molar refractivity (Wildman–Crippen MR) is 100.0 cm³/mol. The number of benzene rings is 2. The fourth-order valence-corrected chi connectivity index (χ4v) is 5.72. The highest BCUT2D eigenvalue weighted by Crippen LogP contribution is 2.31. The molecule has 1 heterocycles. The van der Waals surface area contributed by atoms with Crippen molar-refractivity contribution in [3.8, 4) is 0 Å². The quantitative estimate of drug-likeness (QED) is 0.817. The molecule has 128 valence electrons. The third-order valence-electron chi connectivity index (χ3n) is 4.32. The summed E-state index contributed by atoms with van der Waals surface area (Å²) < 4.78 is 27.4. The lowest BCUT2D eigenvalue weighted by Crippen LogP contribution is -2.41. The Kier molecular flexibility index (Phi) is 5.33. The highest BCUT2D eigenvalue weighted by Gasteiger charge is 2.30. The van der Waals surface area contributed by atoms with Gasteiger partial charge in [0.15, 0.2) is 0 Å². The molecule has 1 saturated heterocycles. The highest BCUT2D eigenvalue weighted by atomic mass is 32.2. The Morgan fingerprint density at radius 2 is 1.54 bits per heavy atom. The van der Waals surface area contributed by atoms with Crippen molar-refractivity contribution < 1.29 is 8.42 Å². The lowest BCUT2D eigenvalue weighted by Gasteiger charge is -2.31. The summed E-state index contributed by atoms with van der Waals surface area (Å²) in [5.74, 6) is 0. The van der Waals surface area contributed by atoms with Gasteiger partial charge in [-0.2, -0.15) is 4.31 Å². The van der Waals surface area contributed by atoms with Gasteiger partial charge in [0.25, 0.3) is 0 Å². The molecular formula is C19H23NO2S2. The van der Waals surface area contributed by atoms with Crippen LogP contribution in [0.25, 0.3) is 0 Å². The standard InChI is InChI=1S/C19H23NO2S2/c1-15-5-9-17(10-6-15)23-18-4-3-13-20(14-18)24(21,22)19-11-7-16(2)8-12-19/h5-12,18H,3-4,13-14H2,1-2H3. The van der Waals surface area contributed by atoms with Gasteiger partial charge in [0.2, 0.25) is 10.0 Å². The van der Waals surface area contributed by atoms with Crippen molar-refractivity contribution in [1.82, 2.24) is 4.31 Å². The number of sulfonamides is 1. The maximum atomic E-state index is 12.9. The Morgan fingerprint density at radius 1 is 0.958 bits per heavy atom. The van der Waals surface area contributed by atoms with E-state index in [-0.39, 0.29) is 0 Å². The van der Waals surface area contributed by atoms with Crippen molar-refractivity contribution in [2.75, 3.05) is 13.1 Å². The molecule has 24 heavy (non-hydrogen) atoms. The maximum absolute atomic E-state index is 12.9. The molecule has 3 rings (SSSR count). The van der Waals surface area contributed by atoms with Crippen LogP contribution in [-0.2, 0) is 10.0 Å². The number of nitrogens with zero attached hydrogens (tertiary/aromatic N) is 1. The Bertz CT molecular complexity index is 783. The first-order chi connectivity index (χ1) is 11.4. The molecule has 0 radical (unpaired) electrons. The molecule has 3 nitrogen and oxygen atoms in total. The maximum Gasteiger partial charge on any atom is 0.243 e. The van der Waals surface area contributed by atoms with Gasteiger partial charge in [-0.25, -0.2) is 8.42 Å². The average molecular weight is 362 g/mol. The van der Waals surface area contributed by atoms with Gasteiger partial charge >= 0.3 is 0 Å². The van der Waals surface area contributed by atoms with E-state index in [2.05, 4.69) is 31.2 Å². The third kappa shape index (κ3) is 4.02. The Labute approximate surface area is 149 Å². The molecule has 1 fully saturated rings. The Balaban J connectivity index is 1.72. The number of hydrogen-bond donors (Lipinski definition) is 0. The molecule has 2 aromatic rings. The number of aryl methyl sites for hydroxylation is 2. The minimum absolute atomic E-state index is 0.307. The van der Waals surface area contributed by atoms with Crippen LogP contribution in [0.1, 0.15) is 24.0 Å². The number of hydrogen-bond acceptors (Lipinski definition) is 3. The van der Waals surface area contributed by atoms with Crippen molar-refractivity contribution in [3.63, 3.8) is 0 Å². The van der Waals surface area contributed by atoms with Crippen LogP contribution in [0.3, 0.4) is 0 Å². The van der Waals surface area contributed by atoms with Crippen molar-refractivity contribution in [1.29, 1.82) is 0 Å². The molecule has 1 aliphatic heterocycles. The van der Waals surface area contributed by atoms with E-state index in [0.29, 0.717) is 23.2 Å². The lowest BCUT2D eigenvalue weighted by atomic mass is 10.2. The zero-order valence-corrected chi connectivity index (χ0v) is 15.7. The fourth-order valence-electron chi connectivity index (χ4n) is 2.89. The summed E-state index contributed by atoms with van der Waals surface area (Å²) in [5.41, 5.74) is 2.31. The summed E-state index contributed by atoms with van der Waals surface area (Å²) in [4.78, 5) is 1.61. The van der Waals surface area contributed by atoms with Crippen LogP contribution in [0.15, 0.2) is 58.3 Å². The van der Waals surface area contributed by atoms with Crippen molar-refractivity contribution >= 4 is 21.8 Å². The summed E-state index contributed by atoms with van der Waals surface area (Å²) in [6.45, 7) is 5.23. The number of piperidine rings is 1. The Hall–Kier alpha value is -1.30. The van der Waals surface area contributed by atoms with Gasteiger partial charge in [0, 0.05) is 23.2 Å². The number of rotatable bonds is 4. The van der Waals surface area contributed by atoms with Crippen LogP contribution in [0, 0.1) is 13.8 Å².